The van der Waals surface area contributed by atoms with Crippen molar-refractivity contribution in [2.45, 2.75) is 56.1 Å². The molecule has 4 aliphatic rings. The van der Waals surface area contributed by atoms with E-state index in [1.807, 2.05) is 30.3 Å². The van der Waals surface area contributed by atoms with E-state index >= 15 is 4.79 Å². The van der Waals surface area contributed by atoms with Gasteiger partial charge in [-0.1, -0.05) is 56.3 Å². The quantitative estimate of drug-likeness (QED) is 0.359. The minimum absolute atomic E-state index is 0.0702. The molecule has 11 heteroatoms. The van der Waals surface area contributed by atoms with E-state index in [1.54, 1.807) is 56.2 Å². The molecule has 1 aliphatic carbocycles. The zero-order chi connectivity index (χ0) is 32.4. The van der Waals surface area contributed by atoms with Crippen LogP contribution in [0.2, 0.25) is 0 Å². The molecular weight excluding hydrogens is 592 g/mol. The highest BCUT2D eigenvalue weighted by Crippen LogP contribution is 2.70. The zero-order valence-electron chi connectivity index (χ0n) is 26.2. The molecule has 6 atom stereocenters. The SMILES string of the molecule is COc1ccc(C23Oc4cc5c(c(OC)c4[C@](O)([C@@H](C(=O)N4CCC[C@@H]4NC(=O)C(C)C)[C@@H]2c2ccccc2)[C@H]3O)OCO5)cc1. The molecule has 0 spiro atoms. The van der Waals surface area contributed by atoms with Gasteiger partial charge >= 0.3 is 0 Å². The first kappa shape index (κ1) is 30.2. The predicted octanol–water partition coefficient (Wildman–Crippen LogP) is 3.40. The van der Waals surface area contributed by atoms with E-state index in [1.165, 1.54) is 7.11 Å². The number of likely N-dealkylation sites (tertiary alicyclic amines) is 1. The van der Waals surface area contributed by atoms with Crippen molar-refractivity contribution in [2.75, 3.05) is 27.6 Å². The maximum absolute atomic E-state index is 15.1. The smallest absolute Gasteiger partial charge is 0.231 e. The fourth-order valence-electron chi connectivity index (χ4n) is 7.78. The number of benzene rings is 3. The number of nitrogens with zero attached hydrogens (tertiary/aromatic N) is 1. The molecule has 3 heterocycles. The van der Waals surface area contributed by atoms with Crippen molar-refractivity contribution >= 4 is 11.8 Å². The summed E-state index contributed by atoms with van der Waals surface area (Å²) in [6, 6.07) is 18.0. The summed E-state index contributed by atoms with van der Waals surface area (Å²) in [4.78, 5) is 29.6. The fraction of sp³-hybridized carbons (Fsp3) is 0.429. The monoisotopic (exact) mass is 630 g/mol. The minimum Gasteiger partial charge on any atom is -0.497 e. The number of ether oxygens (including phenoxy) is 5. The first-order valence-electron chi connectivity index (χ1n) is 15.6. The summed E-state index contributed by atoms with van der Waals surface area (Å²) in [5, 5.41) is 28.9. The van der Waals surface area contributed by atoms with E-state index in [2.05, 4.69) is 5.32 Å². The summed E-state index contributed by atoms with van der Waals surface area (Å²) in [6.07, 6.45) is -0.999. The molecule has 2 fully saturated rings. The van der Waals surface area contributed by atoms with E-state index in [9.17, 15) is 15.0 Å². The number of rotatable bonds is 7. The Balaban J connectivity index is 1.49. The van der Waals surface area contributed by atoms with Gasteiger partial charge in [0.25, 0.3) is 0 Å². The van der Waals surface area contributed by atoms with Crippen molar-refractivity contribution in [1.29, 1.82) is 0 Å². The van der Waals surface area contributed by atoms with Gasteiger partial charge in [-0.15, -0.1) is 0 Å². The van der Waals surface area contributed by atoms with Crippen molar-refractivity contribution in [3.8, 4) is 28.7 Å². The third kappa shape index (κ3) is 4.17. The lowest BCUT2D eigenvalue weighted by molar-refractivity contribution is -0.167. The lowest BCUT2D eigenvalue weighted by Gasteiger charge is -2.45. The van der Waals surface area contributed by atoms with Gasteiger partial charge in [0.1, 0.15) is 29.4 Å². The number of aliphatic hydroxyl groups excluding tert-OH is 1. The molecule has 46 heavy (non-hydrogen) atoms. The second-order valence-corrected chi connectivity index (χ2v) is 12.6. The van der Waals surface area contributed by atoms with E-state index < -0.39 is 41.2 Å². The van der Waals surface area contributed by atoms with Crippen molar-refractivity contribution in [3.63, 3.8) is 0 Å². The van der Waals surface area contributed by atoms with Crippen LogP contribution in [-0.4, -0.2) is 66.8 Å². The molecule has 0 radical (unpaired) electrons. The number of carbonyl (C=O) groups is 2. The number of nitrogens with one attached hydrogen (secondary N) is 1. The first-order chi connectivity index (χ1) is 22.2. The Morgan fingerprint density at radius 3 is 2.43 bits per heavy atom. The maximum atomic E-state index is 15.1. The second-order valence-electron chi connectivity index (χ2n) is 12.6. The summed E-state index contributed by atoms with van der Waals surface area (Å²) in [7, 11) is 2.99. The molecule has 7 rings (SSSR count). The van der Waals surface area contributed by atoms with Crippen LogP contribution in [0.4, 0.5) is 0 Å². The molecule has 3 aliphatic heterocycles. The predicted molar refractivity (Wildman–Crippen MR) is 165 cm³/mol. The van der Waals surface area contributed by atoms with E-state index in [0.29, 0.717) is 42.0 Å². The Kier molecular flexibility index (Phi) is 7.28. The van der Waals surface area contributed by atoms with Gasteiger partial charge < -0.3 is 44.1 Å². The van der Waals surface area contributed by atoms with Crippen LogP contribution in [0.25, 0.3) is 0 Å². The molecule has 1 saturated carbocycles. The van der Waals surface area contributed by atoms with Gasteiger partial charge in [0, 0.05) is 24.4 Å². The molecule has 3 N–H and O–H groups in total. The Hall–Kier alpha value is -4.48. The molecular formula is C35H38N2O9. The average molecular weight is 631 g/mol. The Morgan fingerprint density at radius 1 is 1.02 bits per heavy atom. The topological polar surface area (TPSA) is 136 Å². The van der Waals surface area contributed by atoms with Gasteiger partial charge in [-0.3, -0.25) is 9.59 Å². The van der Waals surface area contributed by atoms with Crippen molar-refractivity contribution in [3.05, 3.63) is 77.4 Å². The minimum atomic E-state index is -2.23. The third-order valence-corrected chi connectivity index (χ3v) is 9.89. The van der Waals surface area contributed by atoms with E-state index in [0.717, 1.165) is 0 Å². The molecule has 2 bridgehead atoms. The van der Waals surface area contributed by atoms with Gasteiger partial charge in [-0.2, -0.15) is 0 Å². The van der Waals surface area contributed by atoms with Crippen LogP contribution >= 0.6 is 0 Å². The maximum Gasteiger partial charge on any atom is 0.231 e. The van der Waals surface area contributed by atoms with Gasteiger partial charge in [0.05, 0.1) is 25.7 Å². The Morgan fingerprint density at radius 2 is 1.76 bits per heavy atom. The molecule has 3 aromatic carbocycles. The lowest BCUT2D eigenvalue weighted by Crippen LogP contribution is -2.56. The Bertz CT molecular complexity index is 1660. The number of fused-ring (bicyclic) bond motifs is 5. The van der Waals surface area contributed by atoms with Crippen LogP contribution < -0.4 is 29.0 Å². The number of aliphatic hydroxyl groups is 2. The summed E-state index contributed by atoms with van der Waals surface area (Å²) < 4.78 is 29.6. The molecule has 0 aromatic heterocycles. The molecule has 3 aromatic rings. The standard InChI is InChI=1S/C35H38N2O9/c1-19(2)31(38)36-25-11-8-16-37(25)32(39)28-26(20-9-6-5-7-10-20)35(21-12-14-22(42-3)15-13-21)33(40)34(28,41)27-23(46-35)17-24-29(30(27)43-4)45-18-44-24/h5-7,9-10,12-15,17,19,25-26,28,33,40-41H,8,11,16,18H2,1-4H3,(H,36,38)/t25-,26+,28-,33-,34+,35?/m1/s1. The van der Waals surface area contributed by atoms with Gasteiger partial charge in [-0.25, -0.2) is 0 Å². The van der Waals surface area contributed by atoms with Crippen molar-refractivity contribution in [1.82, 2.24) is 10.2 Å². The van der Waals surface area contributed by atoms with Crippen molar-refractivity contribution in [2.24, 2.45) is 11.8 Å². The van der Waals surface area contributed by atoms with Gasteiger partial charge in [0.2, 0.25) is 24.4 Å². The van der Waals surface area contributed by atoms with Crippen LogP contribution in [0.1, 0.15) is 49.3 Å². The van der Waals surface area contributed by atoms with Crippen LogP contribution in [-0.2, 0) is 20.8 Å². The highest BCUT2D eigenvalue weighted by molar-refractivity contribution is 5.86. The van der Waals surface area contributed by atoms with E-state index in [-0.39, 0.29) is 41.4 Å². The number of hydrogen-bond donors (Lipinski definition) is 3. The van der Waals surface area contributed by atoms with E-state index in [4.69, 9.17) is 23.7 Å². The fourth-order valence-corrected chi connectivity index (χ4v) is 7.78. The van der Waals surface area contributed by atoms with Crippen LogP contribution in [0.15, 0.2) is 60.7 Å². The molecule has 2 amide bonds. The molecule has 11 nitrogen and oxygen atoms in total. The first-order valence-corrected chi connectivity index (χ1v) is 15.6. The summed E-state index contributed by atoms with van der Waals surface area (Å²) in [5.74, 6) is -1.54. The highest BCUT2D eigenvalue weighted by atomic mass is 16.7. The largest absolute Gasteiger partial charge is 0.497 e. The summed E-state index contributed by atoms with van der Waals surface area (Å²) >= 11 is 0. The Labute approximate surface area is 267 Å². The number of amides is 2. The third-order valence-electron chi connectivity index (χ3n) is 9.89. The average Bonchev–Trinajstić information content (AvgIpc) is 3.76. The van der Waals surface area contributed by atoms with Gasteiger partial charge in [-0.05, 0) is 36.1 Å². The van der Waals surface area contributed by atoms with Crippen molar-refractivity contribution < 1.29 is 43.5 Å². The van der Waals surface area contributed by atoms with Crippen LogP contribution in [0.5, 0.6) is 28.7 Å². The molecule has 242 valence electrons. The second kappa shape index (κ2) is 11.1. The number of methoxy groups -OCH3 is 2. The molecule has 1 unspecified atom stereocenters. The summed E-state index contributed by atoms with van der Waals surface area (Å²) in [6.45, 7) is 3.89. The lowest BCUT2D eigenvalue weighted by atomic mass is 9.75. The van der Waals surface area contributed by atoms with Crippen LogP contribution in [0.3, 0.4) is 0 Å². The number of hydrogen-bond acceptors (Lipinski definition) is 9. The summed E-state index contributed by atoms with van der Waals surface area (Å²) in [5.41, 5.74) is -2.55. The highest BCUT2D eigenvalue weighted by Gasteiger charge is 2.77. The normalized spacial score (nSPS) is 28.9. The van der Waals surface area contributed by atoms with Crippen LogP contribution in [0, 0.1) is 11.8 Å². The number of carbonyl (C=O) groups excluding carboxylic acids is 2. The zero-order valence-corrected chi connectivity index (χ0v) is 26.2. The van der Waals surface area contributed by atoms with Gasteiger partial charge in [0.15, 0.2) is 17.1 Å². The molecule has 1 saturated heterocycles.